The zero-order chi connectivity index (χ0) is 7.68. The fraction of sp³-hybridized carbons (Fsp3) is 0.375. The zero-order valence-corrected chi connectivity index (χ0v) is 5.99. The minimum absolute atomic E-state index is 0.273. The van der Waals surface area contributed by atoms with Crippen molar-refractivity contribution in [2.24, 2.45) is 0 Å². The molecule has 3 heteroatoms. The van der Waals surface area contributed by atoms with Crippen LogP contribution in [-0.2, 0) is 0 Å². The smallest absolute Gasteiger partial charge is 0.371 e. The van der Waals surface area contributed by atoms with Gasteiger partial charge in [0.2, 0.25) is 0 Å². The van der Waals surface area contributed by atoms with Gasteiger partial charge in [-0.2, -0.15) is 9.97 Å². The standard InChI is InChI=1S/C8H7N3/c1-9-8-10-5-4-7(11-8)6-2-3-6/h4-6H,2-3H2. The van der Waals surface area contributed by atoms with Gasteiger partial charge in [0, 0.05) is 12.0 Å². The highest BCUT2D eigenvalue weighted by molar-refractivity contribution is 5.28. The van der Waals surface area contributed by atoms with E-state index in [4.69, 9.17) is 6.57 Å². The molecule has 0 amide bonds. The summed E-state index contributed by atoms with van der Waals surface area (Å²) in [5, 5.41) is 0. The molecule has 11 heavy (non-hydrogen) atoms. The number of hydrogen-bond acceptors (Lipinski definition) is 2. The van der Waals surface area contributed by atoms with Gasteiger partial charge < -0.3 is 4.85 Å². The molecule has 0 aromatic carbocycles. The number of aromatic nitrogens is 2. The molecule has 1 aliphatic rings. The Kier molecular flexibility index (Phi) is 1.32. The van der Waals surface area contributed by atoms with Gasteiger partial charge in [-0.25, -0.2) is 0 Å². The van der Waals surface area contributed by atoms with E-state index in [1.54, 1.807) is 6.20 Å². The molecule has 0 aliphatic heterocycles. The lowest BCUT2D eigenvalue weighted by atomic mass is 10.3. The second-order valence-corrected chi connectivity index (χ2v) is 2.67. The Morgan fingerprint density at radius 2 is 2.36 bits per heavy atom. The third-order valence-corrected chi connectivity index (χ3v) is 1.76. The van der Waals surface area contributed by atoms with Gasteiger partial charge in [0.25, 0.3) is 0 Å². The van der Waals surface area contributed by atoms with Crippen LogP contribution in [-0.4, -0.2) is 9.97 Å². The Labute approximate surface area is 64.9 Å². The van der Waals surface area contributed by atoms with E-state index in [9.17, 15) is 0 Å². The van der Waals surface area contributed by atoms with E-state index in [1.807, 2.05) is 6.07 Å². The van der Waals surface area contributed by atoms with Crippen LogP contribution in [0.1, 0.15) is 24.5 Å². The SMILES string of the molecule is [C-]#[N+]c1nccc(C2CC2)n1. The predicted molar refractivity (Wildman–Crippen MR) is 40.3 cm³/mol. The van der Waals surface area contributed by atoms with Crippen molar-refractivity contribution in [1.82, 2.24) is 9.97 Å². The lowest BCUT2D eigenvalue weighted by Gasteiger charge is -1.90. The maximum absolute atomic E-state index is 6.70. The summed E-state index contributed by atoms with van der Waals surface area (Å²) in [6, 6.07) is 1.90. The van der Waals surface area contributed by atoms with Crippen LogP contribution >= 0.6 is 0 Å². The van der Waals surface area contributed by atoms with Crippen LogP contribution < -0.4 is 0 Å². The van der Waals surface area contributed by atoms with E-state index in [2.05, 4.69) is 14.8 Å². The van der Waals surface area contributed by atoms with E-state index < -0.39 is 0 Å². The molecular weight excluding hydrogens is 138 g/mol. The predicted octanol–water partition coefficient (Wildman–Crippen LogP) is 1.90. The normalized spacial score (nSPS) is 15.9. The molecule has 1 heterocycles. The van der Waals surface area contributed by atoms with Crippen LogP contribution in [0.25, 0.3) is 4.85 Å². The molecule has 0 bridgehead atoms. The van der Waals surface area contributed by atoms with Crippen molar-refractivity contribution in [3.63, 3.8) is 0 Å². The lowest BCUT2D eigenvalue weighted by Crippen LogP contribution is -1.86. The average Bonchev–Trinajstić information content (AvgIpc) is 2.87. The fourth-order valence-corrected chi connectivity index (χ4v) is 1.02. The first kappa shape index (κ1) is 6.29. The lowest BCUT2D eigenvalue weighted by molar-refractivity contribution is 1.00. The first-order valence-electron chi connectivity index (χ1n) is 3.60. The molecule has 1 saturated carbocycles. The molecule has 54 valence electrons. The van der Waals surface area contributed by atoms with Gasteiger partial charge in [0.05, 0.1) is 6.20 Å². The Balaban J connectivity index is 2.35. The van der Waals surface area contributed by atoms with Crippen LogP contribution in [0.3, 0.4) is 0 Å². The van der Waals surface area contributed by atoms with Gasteiger partial charge in [-0.3, -0.25) is 0 Å². The van der Waals surface area contributed by atoms with Crippen LogP contribution in [0, 0.1) is 6.57 Å². The Bertz CT molecular complexity index is 309. The molecule has 1 aromatic rings. The molecule has 0 atom stereocenters. The highest BCUT2D eigenvalue weighted by Gasteiger charge is 2.26. The van der Waals surface area contributed by atoms with Gasteiger partial charge in [0.15, 0.2) is 0 Å². The molecule has 0 saturated heterocycles. The van der Waals surface area contributed by atoms with Crippen LogP contribution in [0.5, 0.6) is 0 Å². The van der Waals surface area contributed by atoms with Crippen molar-refractivity contribution in [2.75, 3.05) is 0 Å². The van der Waals surface area contributed by atoms with Crippen molar-refractivity contribution in [1.29, 1.82) is 0 Å². The van der Waals surface area contributed by atoms with Crippen LogP contribution in [0.4, 0.5) is 5.95 Å². The molecule has 1 fully saturated rings. The minimum Gasteiger partial charge on any atom is -0.394 e. The Hall–Kier alpha value is -1.43. The number of hydrogen-bond donors (Lipinski definition) is 0. The summed E-state index contributed by atoms with van der Waals surface area (Å²) in [6.07, 6.45) is 4.09. The summed E-state index contributed by atoms with van der Waals surface area (Å²) >= 11 is 0. The topological polar surface area (TPSA) is 30.1 Å². The minimum atomic E-state index is 0.273. The van der Waals surface area contributed by atoms with Gasteiger partial charge in [-0.05, 0) is 12.8 Å². The first-order valence-corrected chi connectivity index (χ1v) is 3.60. The van der Waals surface area contributed by atoms with E-state index in [-0.39, 0.29) is 5.95 Å². The van der Waals surface area contributed by atoms with E-state index >= 15 is 0 Å². The molecular formula is C8H7N3. The van der Waals surface area contributed by atoms with Gasteiger partial charge in [-0.15, -0.1) is 6.57 Å². The first-order chi connectivity index (χ1) is 5.40. The largest absolute Gasteiger partial charge is 0.394 e. The van der Waals surface area contributed by atoms with Crippen molar-refractivity contribution < 1.29 is 0 Å². The van der Waals surface area contributed by atoms with Crippen molar-refractivity contribution in [2.45, 2.75) is 18.8 Å². The summed E-state index contributed by atoms with van der Waals surface area (Å²) in [7, 11) is 0. The fourth-order valence-electron chi connectivity index (χ4n) is 1.02. The highest BCUT2D eigenvalue weighted by Crippen LogP contribution is 2.38. The van der Waals surface area contributed by atoms with Gasteiger partial charge >= 0.3 is 5.95 Å². The van der Waals surface area contributed by atoms with Crippen molar-refractivity contribution in [3.05, 3.63) is 29.4 Å². The monoisotopic (exact) mass is 145 g/mol. The van der Waals surface area contributed by atoms with Crippen LogP contribution in [0.2, 0.25) is 0 Å². The highest BCUT2D eigenvalue weighted by atomic mass is 15.0. The summed E-state index contributed by atoms with van der Waals surface area (Å²) in [5.74, 6) is 0.882. The maximum atomic E-state index is 6.70. The maximum Gasteiger partial charge on any atom is 0.371 e. The molecule has 0 N–H and O–H groups in total. The number of nitrogens with zero attached hydrogens (tertiary/aromatic N) is 3. The third kappa shape index (κ3) is 1.20. The Morgan fingerprint density at radius 3 is 3.00 bits per heavy atom. The van der Waals surface area contributed by atoms with E-state index in [1.165, 1.54) is 12.8 Å². The molecule has 3 nitrogen and oxygen atoms in total. The zero-order valence-electron chi connectivity index (χ0n) is 5.99. The molecule has 1 aliphatic carbocycles. The molecule has 0 radical (unpaired) electrons. The van der Waals surface area contributed by atoms with Gasteiger partial charge in [0.1, 0.15) is 5.69 Å². The summed E-state index contributed by atoms with van der Waals surface area (Å²) < 4.78 is 0. The second kappa shape index (κ2) is 2.31. The van der Waals surface area contributed by atoms with Crippen LogP contribution in [0.15, 0.2) is 12.3 Å². The van der Waals surface area contributed by atoms with Crippen molar-refractivity contribution in [3.8, 4) is 0 Å². The Morgan fingerprint density at radius 1 is 1.55 bits per heavy atom. The molecule has 2 rings (SSSR count). The summed E-state index contributed by atoms with van der Waals surface area (Å²) in [6.45, 7) is 6.70. The molecule has 0 spiro atoms. The molecule has 1 aromatic heterocycles. The van der Waals surface area contributed by atoms with E-state index in [0.717, 1.165) is 5.69 Å². The van der Waals surface area contributed by atoms with Gasteiger partial charge in [-0.1, -0.05) is 0 Å². The quantitative estimate of drug-likeness (QED) is 0.565. The molecule has 0 unspecified atom stereocenters. The summed E-state index contributed by atoms with van der Waals surface area (Å²) in [4.78, 5) is 11.1. The second-order valence-electron chi connectivity index (χ2n) is 2.67. The third-order valence-electron chi connectivity index (χ3n) is 1.76. The van der Waals surface area contributed by atoms with E-state index in [0.29, 0.717) is 5.92 Å². The van der Waals surface area contributed by atoms with Crippen molar-refractivity contribution >= 4 is 5.95 Å². The number of rotatable bonds is 1. The average molecular weight is 145 g/mol. The summed E-state index contributed by atoms with van der Waals surface area (Å²) in [5.41, 5.74) is 1.03.